The SMILES string of the molecule is CN(C)[C@H]1Nc2cc(-n3cnc4cc(-c5ccc(Cl)cc5)sc4c3=O)ccc2N1CCCO. The van der Waals surface area contributed by atoms with E-state index in [4.69, 9.17) is 11.6 Å². The maximum absolute atomic E-state index is 13.4. The van der Waals surface area contributed by atoms with Crippen LogP contribution in [0.3, 0.4) is 0 Å². The standard InChI is InChI=1S/C24H24ClN5O2S/c1-28(2)24-27-18-12-17(8-9-20(18)29(24)10-3-11-31)30-14-26-19-13-21(33-22(19)23(30)32)15-4-6-16(25)7-5-15/h4-9,12-14,24,27,31H,3,10-11H2,1-2H3/t24-/m1/s1. The van der Waals surface area contributed by atoms with E-state index in [2.05, 4.69) is 20.1 Å². The second-order valence-corrected chi connectivity index (χ2v) is 9.69. The predicted octanol–water partition coefficient (Wildman–Crippen LogP) is 4.23. The van der Waals surface area contributed by atoms with E-state index in [-0.39, 0.29) is 18.5 Å². The minimum Gasteiger partial charge on any atom is -0.396 e. The molecule has 0 radical (unpaired) electrons. The van der Waals surface area contributed by atoms with Crippen LogP contribution in [-0.4, -0.2) is 53.1 Å². The van der Waals surface area contributed by atoms with Gasteiger partial charge >= 0.3 is 0 Å². The van der Waals surface area contributed by atoms with Gasteiger partial charge in [-0.1, -0.05) is 23.7 Å². The maximum atomic E-state index is 13.4. The molecule has 33 heavy (non-hydrogen) atoms. The molecule has 2 N–H and O–H groups in total. The third kappa shape index (κ3) is 4.00. The Labute approximate surface area is 200 Å². The first-order valence-electron chi connectivity index (χ1n) is 10.7. The number of nitrogens with zero attached hydrogens (tertiary/aromatic N) is 4. The maximum Gasteiger partial charge on any atom is 0.275 e. The molecule has 7 nitrogen and oxygen atoms in total. The lowest BCUT2D eigenvalue weighted by molar-refractivity contribution is 0.275. The first-order chi connectivity index (χ1) is 16.0. The highest BCUT2D eigenvalue weighted by Crippen LogP contribution is 2.37. The number of fused-ring (bicyclic) bond motifs is 2. The summed E-state index contributed by atoms with van der Waals surface area (Å²) in [5.41, 5.74) is 4.35. The zero-order valence-electron chi connectivity index (χ0n) is 18.3. The van der Waals surface area contributed by atoms with Crippen molar-refractivity contribution in [1.29, 1.82) is 0 Å². The van der Waals surface area contributed by atoms with Gasteiger partial charge in [0.25, 0.3) is 5.56 Å². The van der Waals surface area contributed by atoms with E-state index >= 15 is 0 Å². The van der Waals surface area contributed by atoms with E-state index in [0.29, 0.717) is 21.7 Å². The molecule has 1 aliphatic rings. The van der Waals surface area contributed by atoms with Crippen LogP contribution < -0.4 is 15.8 Å². The Kier molecular flexibility index (Phi) is 5.84. The van der Waals surface area contributed by atoms with Gasteiger partial charge < -0.3 is 15.3 Å². The lowest BCUT2D eigenvalue weighted by Crippen LogP contribution is -2.46. The largest absolute Gasteiger partial charge is 0.396 e. The third-order valence-electron chi connectivity index (χ3n) is 5.76. The number of benzene rings is 2. The number of thiophene rings is 1. The molecule has 5 rings (SSSR count). The Morgan fingerprint density at radius 2 is 1.97 bits per heavy atom. The van der Waals surface area contributed by atoms with Crippen LogP contribution in [0.1, 0.15) is 6.42 Å². The summed E-state index contributed by atoms with van der Waals surface area (Å²) in [5.74, 6) is 0. The van der Waals surface area contributed by atoms with Gasteiger partial charge in [0.2, 0.25) is 0 Å². The van der Waals surface area contributed by atoms with Gasteiger partial charge in [-0.05, 0) is 62.5 Å². The first-order valence-corrected chi connectivity index (χ1v) is 11.9. The molecule has 0 aliphatic carbocycles. The summed E-state index contributed by atoms with van der Waals surface area (Å²) in [4.78, 5) is 23.2. The van der Waals surface area contributed by atoms with Gasteiger partial charge in [-0.15, -0.1) is 11.3 Å². The van der Waals surface area contributed by atoms with E-state index in [1.54, 1.807) is 10.9 Å². The zero-order valence-corrected chi connectivity index (χ0v) is 19.9. The lowest BCUT2D eigenvalue weighted by Gasteiger charge is -2.31. The Morgan fingerprint density at radius 1 is 1.18 bits per heavy atom. The number of anilines is 2. The molecular weight excluding hydrogens is 458 g/mol. The smallest absolute Gasteiger partial charge is 0.275 e. The van der Waals surface area contributed by atoms with Gasteiger partial charge in [0.1, 0.15) is 11.0 Å². The van der Waals surface area contributed by atoms with Crippen molar-refractivity contribution in [1.82, 2.24) is 14.5 Å². The third-order valence-corrected chi connectivity index (χ3v) is 7.17. The van der Waals surface area contributed by atoms with Crippen molar-refractivity contribution in [3.05, 3.63) is 70.2 Å². The molecule has 2 aromatic carbocycles. The number of nitrogens with one attached hydrogen (secondary N) is 1. The Hall–Kier alpha value is -2.91. The van der Waals surface area contributed by atoms with E-state index in [9.17, 15) is 9.90 Å². The number of hydrogen-bond acceptors (Lipinski definition) is 7. The number of rotatable bonds is 6. The van der Waals surface area contributed by atoms with Crippen molar-refractivity contribution in [3.63, 3.8) is 0 Å². The Balaban J connectivity index is 1.52. The summed E-state index contributed by atoms with van der Waals surface area (Å²) in [6.07, 6.45) is 2.26. The van der Waals surface area contributed by atoms with Crippen LogP contribution in [-0.2, 0) is 0 Å². The highest BCUT2D eigenvalue weighted by atomic mass is 35.5. The van der Waals surface area contributed by atoms with Crippen molar-refractivity contribution >= 4 is 44.5 Å². The monoisotopic (exact) mass is 481 g/mol. The molecule has 0 spiro atoms. The molecule has 0 saturated heterocycles. The molecule has 4 aromatic rings. The summed E-state index contributed by atoms with van der Waals surface area (Å²) in [7, 11) is 4.02. The van der Waals surface area contributed by atoms with E-state index in [1.807, 2.05) is 62.6 Å². The summed E-state index contributed by atoms with van der Waals surface area (Å²) in [6.45, 7) is 0.874. The lowest BCUT2D eigenvalue weighted by atomic mass is 10.2. The average Bonchev–Trinajstić information content (AvgIpc) is 3.40. The summed E-state index contributed by atoms with van der Waals surface area (Å²) in [6, 6.07) is 15.5. The number of hydrogen-bond donors (Lipinski definition) is 2. The molecule has 2 aromatic heterocycles. The minimum absolute atomic E-state index is 0.0154. The van der Waals surface area contributed by atoms with Gasteiger partial charge in [0.15, 0.2) is 6.29 Å². The summed E-state index contributed by atoms with van der Waals surface area (Å²) < 4.78 is 2.21. The van der Waals surface area contributed by atoms with Gasteiger partial charge in [-0.2, -0.15) is 0 Å². The minimum atomic E-state index is -0.0931. The van der Waals surface area contributed by atoms with Gasteiger partial charge in [0.05, 0.1) is 22.6 Å². The molecule has 170 valence electrons. The number of halogens is 1. The van der Waals surface area contributed by atoms with Gasteiger partial charge in [-0.25, -0.2) is 4.98 Å². The van der Waals surface area contributed by atoms with E-state index in [1.165, 1.54) is 11.3 Å². The van der Waals surface area contributed by atoms with Crippen LogP contribution in [0.25, 0.3) is 26.3 Å². The predicted molar refractivity (Wildman–Crippen MR) is 136 cm³/mol. The number of aliphatic hydroxyl groups is 1. The quantitative estimate of drug-likeness (QED) is 0.429. The molecule has 1 atom stereocenters. The van der Waals surface area contributed by atoms with Crippen molar-refractivity contribution in [2.75, 3.05) is 37.5 Å². The first kappa shape index (κ1) is 21.9. The normalized spacial score (nSPS) is 15.3. The van der Waals surface area contributed by atoms with Crippen LogP contribution in [0, 0.1) is 0 Å². The molecular formula is C24H24ClN5O2S. The summed E-state index contributed by atoms with van der Waals surface area (Å²) in [5, 5.41) is 13.5. The number of aromatic nitrogens is 2. The van der Waals surface area contributed by atoms with Crippen LogP contribution in [0.5, 0.6) is 0 Å². The molecule has 3 heterocycles. The van der Waals surface area contributed by atoms with Crippen molar-refractivity contribution in [2.45, 2.75) is 12.7 Å². The van der Waals surface area contributed by atoms with Crippen LogP contribution >= 0.6 is 22.9 Å². The average molecular weight is 482 g/mol. The van der Waals surface area contributed by atoms with Crippen LogP contribution in [0.4, 0.5) is 11.4 Å². The van der Waals surface area contributed by atoms with Crippen molar-refractivity contribution in [2.24, 2.45) is 0 Å². The van der Waals surface area contributed by atoms with E-state index < -0.39 is 0 Å². The molecule has 0 unspecified atom stereocenters. The highest BCUT2D eigenvalue weighted by Gasteiger charge is 2.30. The molecule has 9 heteroatoms. The van der Waals surface area contributed by atoms with Gasteiger partial charge in [-0.3, -0.25) is 14.3 Å². The molecule has 1 aliphatic heterocycles. The van der Waals surface area contributed by atoms with E-state index in [0.717, 1.165) is 34.0 Å². The number of aliphatic hydroxyl groups excluding tert-OH is 1. The van der Waals surface area contributed by atoms with Crippen molar-refractivity contribution < 1.29 is 5.11 Å². The second kappa shape index (κ2) is 8.79. The Morgan fingerprint density at radius 3 is 2.70 bits per heavy atom. The van der Waals surface area contributed by atoms with Crippen LogP contribution in [0.15, 0.2) is 59.7 Å². The topological polar surface area (TPSA) is 73.6 Å². The molecule has 0 fully saturated rings. The fourth-order valence-electron chi connectivity index (χ4n) is 4.13. The molecule has 0 amide bonds. The molecule has 0 saturated carbocycles. The summed E-state index contributed by atoms with van der Waals surface area (Å²) >= 11 is 7.45. The van der Waals surface area contributed by atoms with Crippen LogP contribution in [0.2, 0.25) is 5.02 Å². The van der Waals surface area contributed by atoms with Gasteiger partial charge in [0, 0.05) is 23.1 Å². The fraction of sp³-hybridized carbons (Fsp3) is 0.250. The second-order valence-electron chi connectivity index (χ2n) is 8.21. The Bertz CT molecular complexity index is 1370. The fourth-order valence-corrected chi connectivity index (χ4v) is 5.31. The van der Waals surface area contributed by atoms with Crippen molar-refractivity contribution in [3.8, 4) is 16.1 Å². The molecule has 0 bridgehead atoms. The highest BCUT2D eigenvalue weighted by molar-refractivity contribution is 7.22. The zero-order chi connectivity index (χ0) is 23.1.